The highest BCUT2D eigenvalue weighted by Crippen LogP contribution is 2.22. The molecule has 23 heavy (non-hydrogen) atoms. The molecule has 0 aliphatic carbocycles. The van der Waals surface area contributed by atoms with Gasteiger partial charge in [0.1, 0.15) is 5.60 Å². The smallest absolute Gasteiger partial charge is 0.410 e. The second-order valence-corrected chi connectivity index (χ2v) is 8.02. The summed E-state index contributed by atoms with van der Waals surface area (Å²) < 4.78 is 11.0. The number of ether oxygens (including phenoxy) is 2. The summed E-state index contributed by atoms with van der Waals surface area (Å²) in [4.78, 5) is 16.8. The van der Waals surface area contributed by atoms with Crippen molar-refractivity contribution < 1.29 is 14.3 Å². The lowest BCUT2D eigenvalue weighted by atomic mass is 10.0. The minimum atomic E-state index is -0.416. The molecule has 134 valence electrons. The first-order chi connectivity index (χ1) is 10.9. The number of hydrogen-bond donors (Lipinski definition) is 0. The third-order valence-electron chi connectivity index (χ3n) is 4.81. The molecule has 0 aromatic carbocycles. The van der Waals surface area contributed by atoms with Gasteiger partial charge >= 0.3 is 6.09 Å². The van der Waals surface area contributed by atoms with Crippen LogP contribution in [0.3, 0.4) is 0 Å². The standard InChI is InChI=1S/C18H34N2O3/c1-18(2,3)23-17(21)20-10-6-5-7-15(14-20)13-19-11-8-16(22-4)9-12-19/h15-16H,5-14H2,1-4H3/t15-/m1/s1. The molecule has 2 aliphatic rings. The van der Waals surface area contributed by atoms with Gasteiger partial charge in [-0.3, -0.25) is 0 Å². The number of carbonyl (C=O) groups excluding carboxylic acids is 1. The Bertz CT molecular complexity index is 373. The van der Waals surface area contributed by atoms with Gasteiger partial charge in [0.25, 0.3) is 0 Å². The Morgan fingerprint density at radius 3 is 2.39 bits per heavy atom. The van der Waals surface area contributed by atoms with Crippen LogP contribution in [0.4, 0.5) is 4.79 Å². The summed E-state index contributed by atoms with van der Waals surface area (Å²) in [6.45, 7) is 10.8. The van der Waals surface area contributed by atoms with Crippen molar-refractivity contribution >= 4 is 6.09 Å². The number of likely N-dealkylation sites (tertiary alicyclic amines) is 2. The average Bonchev–Trinajstić information content (AvgIpc) is 2.72. The zero-order chi connectivity index (χ0) is 16.9. The van der Waals surface area contributed by atoms with Gasteiger partial charge in [-0.2, -0.15) is 0 Å². The quantitative estimate of drug-likeness (QED) is 0.799. The molecule has 0 bridgehead atoms. The van der Waals surface area contributed by atoms with Crippen LogP contribution in [0.5, 0.6) is 0 Å². The Balaban J connectivity index is 1.83. The zero-order valence-electron chi connectivity index (χ0n) is 15.3. The van der Waals surface area contributed by atoms with Crippen LogP contribution in [0.1, 0.15) is 52.9 Å². The highest BCUT2D eigenvalue weighted by molar-refractivity contribution is 5.68. The third-order valence-corrected chi connectivity index (χ3v) is 4.81. The van der Waals surface area contributed by atoms with Gasteiger partial charge in [0.15, 0.2) is 0 Å². The second kappa shape index (κ2) is 8.34. The molecule has 2 aliphatic heterocycles. The summed E-state index contributed by atoms with van der Waals surface area (Å²) in [5.41, 5.74) is -0.416. The van der Waals surface area contributed by atoms with E-state index >= 15 is 0 Å². The van der Waals surface area contributed by atoms with Crippen molar-refractivity contribution in [2.45, 2.75) is 64.6 Å². The van der Waals surface area contributed by atoms with E-state index in [2.05, 4.69) is 4.90 Å². The van der Waals surface area contributed by atoms with Gasteiger partial charge in [-0.15, -0.1) is 0 Å². The number of piperidine rings is 1. The van der Waals surface area contributed by atoms with Crippen LogP contribution >= 0.6 is 0 Å². The Kier molecular flexibility index (Phi) is 6.72. The number of carbonyl (C=O) groups is 1. The molecule has 5 heteroatoms. The maximum Gasteiger partial charge on any atom is 0.410 e. The maximum absolute atomic E-state index is 12.4. The van der Waals surface area contributed by atoms with E-state index in [9.17, 15) is 4.79 Å². The Morgan fingerprint density at radius 1 is 1.09 bits per heavy atom. The SMILES string of the molecule is COC1CCN(C[C@H]2CCCCN(C(=O)OC(C)(C)C)C2)CC1. The van der Waals surface area contributed by atoms with Crippen LogP contribution in [0.15, 0.2) is 0 Å². The largest absolute Gasteiger partial charge is 0.444 e. The fraction of sp³-hybridized carbons (Fsp3) is 0.944. The lowest BCUT2D eigenvalue weighted by Gasteiger charge is -2.34. The summed E-state index contributed by atoms with van der Waals surface area (Å²) in [5.74, 6) is 0.559. The van der Waals surface area contributed by atoms with Gasteiger partial charge in [0.2, 0.25) is 0 Å². The molecule has 1 amide bonds. The van der Waals surface area contributed by atoms with Crippen LogP contribution in [0.25, 0.3) is 0 Å². The molecule has 2 saturated heterocycles. The Labute approximate surface area is 141 Å². The van der Waals surface area contributed by atoms with Crippen molar-refractivity contribution in [3.63, 3.8) is 0 Å². The van der Waals surface area contributed by atoms with Crippen molar-refractivity contribution in [3.05, 3.63) is 0 Å². The summed E-state index contributed by atoms with van der Waals surface area (Å²) in [7, 11) is 1.81. The lowest BCUT2D eigenvalue weighted by molar-refractivity contribution is 0.0188. The molecule has 0 radical (unpaired) electrons. The number of amides is 1. The molecule has 0 aromatic heterocycles. The van der Waals surface area contributed by atoms with E-state index in [1.165, 1.54) is 12.8 Å². The molecule has 0 spiro atoms. The minimum absolute atomic E-state index is 0.150. The van der Waals surface area contributed by atoms with Gasteiger partial charge in [-0.05, 0) is 52.4 Å². The molecular weight excluding hydrogens is 292 g/mol. The second-order valence-electron chi connectivity index (χ2n) is 8.02. The lowest BCUT2D eigenvalue weighted by Crippen LogP contribution is -2.43. The molecule has 0 saturated carbocycles. The van der Waals surface area contributed by atoms with Crippen molar-refractivity contribution in [1.82, 2.24) is 9.80 Å². The number of hydrogen-bond acceptors (Lipinski definition) is 4. The number of methoxy groups -OCH3 is 1. The summed E-state index contributed by atoms with van der Waals surface area (Å²) >= 11 is 0. The minimum Gasteiger partial charge on any atom is -0.444 e. The maximum atomic E-state index is 12.4. The van der Waals surface area contributed by atoms with Crippen molar-refractivity contribution in [1.29, 1.82) is 0 Å². The average molecular weight is 326 g/mol. The normalized spacial score (nSPS) is 25.2. The van der Waals surface area contributed by atoms with E-state index in [1.54, 1.807) is 0 Å². The van der Waals surface area contributed by atoms with E-state index in [0.29, 0.717) is 12.0 Å². The molecule has 1 atom stereocenters. The first kappa shape index (κ1) is 18.5. The van der Waals surface area contributed by atoms with Crippen LogP contribution in [0, 0.1) is 5.92 Å². The van der Waals surface area contributed by atoms with Gasteiger partial charge in [-0.1, -0.05) is 6.42 Å². The molecule has 2 fully saturated rings. The van der Waals surface area contributed by atoms with E-state index < -0.39 is 5.60 Å². The van der Waals surface area contributed by atoms with Crippen LogP contribution in [-0.2, 0) is 9.47 Å². The van der Waals surface area contributed by atoms with Crippen molar-refractivity contribution in [2.24, 2.45) is 5.92 Å². The van der Waals surface area contributed by atoms with Crippen LogP contribution in [0.2, 0.25) is 0 Å². The molecule has 0 unspecified atom stereocenters. The van der Waals surface area contributed by atoms with E-state index in [-0.39, 0.29) is 6.09 Å². The summed E-state index contributed by atoms with van der Waals surface area (Å²) in [5, 5.41) is 0. The fourth-order valence-corrected chi connectivity index (χ4v) is 3.56. The topological polar surface area (TPSA) is 42.0 Å². The van der Waals surface area contributed by atoms with Gasteiger partial charge in [-0.25, -0.2) is 4.79 Å². The molecule has 0 aromatic rings. The first-order valence-corrected chi connectivity index (χ1v) is 9.10. The Morgan fingerprint density at radius 2 is 1.78 bits per heavy atom. The van der Waals surface area contributed by atoms with Gasteiger partial charge in [0.05, 0.1) is 6.10 Å². The zero-order valence-corrected chi connectivity index (χ0v) is 15.3. The highest BCUT2D eigenvalue weighted by atomic mass is 16.6. The van der Waals surface area contributed by atoms with Gasteiger partial charge < -0.3 is 19.3 Å². The molecule has 5 nitrogen and oxygen atoms in total. The van der Waals surface area contributed by atoms with Crippen molar-refractivity contribution in [3.8, 4) is 0 Å². The predicted octanol–water partition coefficient (Wildman–Crippen LogP) is 3.13. The molecular formula is C18H34N2O3. The van der Waals surface area contributed by atoms with E-state index in [0.717, 1.165) is 52.0 Å². The van der Waals surface area contributed by atoms with Crippen LogP contribution < -0.4 is 0 Å². The summed E-state index contributed by atoms with van der Waals surface area (Å²) in [6.07, 6.45) is 6.03. The fourth-order valence-electron chi connectivity index (χ4n) is 3.56. The van der Waals surface area contributed by atoms with Crippen molar-refractivity contribution in [2.75, 3.05) is 39.8 Å². The third kappa shape index (κ3) is 6.30. The predicted molar refractivity (Wildman–Crippen MR) is 91.6 cm³/mol. The van der Waals surface area contributed by atoms with E-state index in [1.807, 2.05) is 32.8 Å². The van der Waals surface area contributed by atoms with E-state index in [4.69, 9.17) is 9.47 Å². The molecule has 0 N–H and O–H groups in total. The molecule has 2 rings (SSSR count). The number of nitrogens with zero attached hydrogens (tertiary/aromatic N) is 2. The first-order valence-electron chi connectivity index (χ1n) is 9.10. The van der Waals surface area contributed by atoms with Crippen LogP contribution in [-0.4, -0.2) is 67.4 Å². The number of rotatable bonds is 3. The highest BCUT2D eigenvalue weighted by Gasteiger charge is 2.28. The molecule has 2 heterocycles. The van der Waals surface area contributed by atoms with Gasteiger partial charge in [0, 0.05) is 39.8 Å². The summed E-state index contributed by atoms with van der Waals surface area (Å²) in [6, 6.07) is 0. The monoisotopic (exact) mass is 326 g/mol. The Hall–Kier alpha value is -0.810.